The molecule has 0 saturated carbocycles. The number of anilines is 2. The Hall–Kier alpha value is -1.51. The predicted octanol–water partition coefficient (Wildman–Crippen LogP) is 4.15. The van der Waals surface area contributed by atoms with Gasteiger partial charge in [0.25, 0.3) is 0 Å². The van der Waals surface area contributed by atoms with Gasteiger partial charge in [0.1, 0.15) is 0 Å². The summed E-state index contributed by atoms with van der Waals surface area (Å²) in [7, 11) is 0. The van der Waals surface area contributed by atoms with Crippen molar-refractivity contribution in [1.82, 2.24) is 10.2 Å². The van der Waals surface area contributed by atoms with Gasteiger partial charge in [-0.05, 0) is 18.6 Å². The third-order valence-corrected chi connectivity index (χ3v) is 6.90. The molecule has 25 heavy (non-hydrogen) atoms. The van der Waals surface area contributed by atoms with E-state index in [-0.39, 0.29) is 5.91 Å². The first-order valence-electron chi connectivity index (χ1n) is 8.04. The standard InChI is InChI=1S/C17H20N4OS3/c1-3-9-18-16-19-20-17(25-16)23-11-15(22)21-10-8-12(2)24-14-7-5-4-6-13(14)21/h3-7,12H,1,8-11H2,2H3,(H,18,19). The van der Waals surface area contributed by atoms with E-state index in [1.54, 1.807) is 6.08 Å². The second kappa shape index (κ2) is 8.73. The first-order chi connectivity index (χ1) is 12.2. The van der Waals surface area contributed by atoms with Crippen molar-refractivity contribution in [2.75, 3.05) is 29.1 Å². The van der Waals surface area contributed by atoms with Gasteiger partial charge < -0.3 is 10.2 Å². The van der Waals surface area contributed by atoms with E-state index in [2.05, 4.69) is 35.1 Å². The Balaban J connectivity index is 1.65. The Kier molecular flexibility index (Phi) is 6.39. The van der Waals surface area contributed by atoms with E-state index in [0.29, 0.717) is 17.5 Å². The molecule has 1 aliphatic rings. The number of fused-ring (bicyclic) bond motifs is 1. The number of hydrogen-bond donors (Lipinski definition) is 1. The molecule has 0 spiro atoms. The number of carbonyl (C=O) groups excluding carboxylic acids is 1. The lowest BCUT2D eigenvalue weighted by atomic mass is 10.2. The summed E-state index contributed by atoms with van der Waals surface area (Å²) in [4.78, 5) is 15.9. The van der Waals surface area contributed by atoms with Gasteiger partial charge in [-0.25, -0.2) is 0 Å². The van der Waals surface area contributed by atoms with Gasteiger partial charge in [-0.15, -0.1) is 28.5 Å². The van der Waals surface area contributed by atoms with Gasteiger partial charge in [0, 0.05) is 23.2 Å². The van der Waals surface area contributed by atoms with Crippen LogP contribution >= 0.6 is 34.9 Å². The van der Waals surface area contributed by atoms with Gasteiger partial charge in [0.05, 0.1) is 11.4 Å². The lowest BCUT2D eigenvalue weighted by Crippen LogP contribution is -2.33. The van der Waals surface area contributed by atoms with E-state index in [1.807, 2.05) is 34.9 Å². The van der Waals surface area contributed by atoms with Gasteiger partial charge in [0.15, 0.2) is 4.34 Å². The molecule has 0 fully saturated rings. The third-order valence-electron chi connectivity index (χ3n) is 3.67. The number of amides is 1. The molecule has 1 N–H and O–H groups in total. The number of thioether (sulfide) groups is 2. The van der Waals surface area contributed by atoms with Crippen molar-refractivity contribution in [2.45, 2.75) is 27.8 Å². The van der Waals surface area contributed by atoms with E-state index in [4.69, 9.17) is 0 Å². The maximum absolute atomic E-state index is 12.8. The minimum Gasteiger partial charge on any atom is -0.357 e. The third kappa shape index (κ3) is 4.77. The number of benzene rings is 1. The Labute approximate surface area is 160 Å². The minimum absolute atomic E-state index is 0.114. The normalized spacial score (nSPS) is 16.8. The van der Waals surface area contributed by atoms with Crippen molar-refractivity contribution in [3.05, 3.63) is 36.9 Å². The number of para-hydroxylation sites is 1. The fourth-order valence-electron chi connectivity index (χ4n) is 2.45. The quantitative estimate of drug-likeness (QED) is 0.589. The summed E-state index contributed by atoms with van der Waals surface area (Å²) in [6.07, 6.45) is 2.76. The summed E-state index contributed by atoms with van der Waals surface area (Å²) < 4.78 is 0.797. The van der Waals surface area contributed by atoms with Crippen LogP contribution in [0.3, 0.4) is 0 Å². The average Bonchev–Trinajstić information content (AvgIpc) is 3.00. The topological polar surface area (TPSA) is 58.1 Å². The van der Waals surface area contributed by atoms with Gasteiger partial charge in [-0.2, -0.15) is 0 Å². The summed E-state index contributed by atoms with van der Waals surface area (Å²) in [5.74, 6) is 0.478. The van der Waals surface area contributed by atoms with Crippen LogP contribution in [-0.4, -0.2) is 40.2 Å². The molecule has 0 aliphatic carbocycles. The molecule has 0 saturated heterocycles. The Morgan fingerprint density at radius 1 is 1.48 bits per heavy atom. The second-order valence-electron chi connectivity index (χ2n) is 5.56. The highest BCUT2D eigenvalue weighted by Crippen LogP contribution is 2.37. The molecule has 0 radical (unpaired) electrons. The van der Waals surface area contributed by atoms with E-state index >= 15 is 0 Å². The maximum atomic E-state index is 12.8. The molecule has 1 amide bonds. The highest BCUT2D eigenvalue weighted by Gasteiger charge is 2.24. The molecule has 0 bridgehead atoms. The number of aromatic nitrogens is 2. The van der Waals surface area contributed by atoms with E-state index < -0.39 is 0 Å². The van der Waals surface area contributed by atoms with Crippen molar-refractivity contribution in [3.63, 3.8) is 0 Å². The molecule has 1 aromatic carbocycles. The lowest BCUT2D eigenvalue weighted by Gasteiger charge is -2.22. The van der Waals surface area contributed by atoms with Gasteiger partial charge in [-0.3, -0.25) is 4.79 Å². The number of carbonyl (C=O) groups is 1. The monoisotopic (exact) mass is 392 g/mol. The van der Waals surface area contributed by atoms with E-state index in [0.717, 1.165) is 28.1 Å². The molecule has 1 unspecified atom stereocenters. The number of nitrogens with zero attached hydrogens (tertiary/aromatic N) is 3. The molecule has 1 atom stereocenters. The van der Waals surface area contributed by atoms with Gasteiger partial charge >= 0.3 is 0 Å². The molecular formula is C17H20N4OS3. The van der Waals surface area contributed by atoms with E-state index in [1.165, 1.54) is 28.0 Å². The molecule has 3 rings (SSSR count). The lowest BCUT2D eigenvalue weighted by molar-refractivity contribution is -0.116. The summed E-state index contributed by atoms with van der Waals surface area (Å²) in [6, 6.07) is 8.15. The van der Waals surface area contributed by atoms with Gasteiger partial charge in [0.2, 0.25) is 11.0 Å². The summed E-state index contributed by atoms with van der Waals surface area (Å²) in [6.45, 7) is 7.28. The first kappa shape index (κ1) is 18.3. The number of rotatable bonds is 6. The molecule has 2 aromatic rings. The number of hydrogen-bond acceptors (Lipinski definition) is 7. The molecule has 2 heterocycles. The van der Waals surface area contributed by atoms with E-state index in [9.17, 15) is 4.79 Å². The van der Waals surface area contributed by atoms with Crippen LogP contribution in [-0.2, 0) is 4.79 Å². The van der Waals surface area contributed by atoms with Crippen molar-refractivity contribution in [2.24, 2.45) is 0 Å². The fourth-order valence-corrected chi connectivity index (χ4v) is 5.19. The molecule has 8 heteroatoms. The van der Waals surface area contributed by atoms with Crippen LogP contribution in [0.5, 0.6) is 0 Å². The van der Waals surface area contributed by atoms with Crippen LogP contribution < -0.4 is 10.2 Å². The highest BCUT2D eigenvalue weighted by atomic mass is 32.2. The predicted molar refractivity (Wildman–Crippen MR) is 108 cm³/mol. The molecule has 5 nitrogen and oxygen atoms in total. The molecular weight excluding hydrogens is 372 g/mol. The number of nitrogens with one attached hydrogen (secondary N) is 1. The first-order valence-corrected chi connectivity index (χ1v) is 10.7. The van der Waals surface area contributed by atoms with Crippen LogP contribution in [0, 0.1) is 0 Å². The van der Waals surface area contributed by atoms with Crippen molar-refractivity contribution < 1.29 is 4.79 Å². The average molecular weight is 393 g/mol. The smallest absolute Gasteiger partial charge is 0.237 e. The van der Waals surface area contributed by atoms with Gasteiger partial charge in [-0.1, -0.05) is 48.2 Å². The Bertz CT molecular complexity index is 749. The maximum Gasteiger partial charge on any atom is 0.237 e. The van der Waals surface area contributed by atoms with Crippen LogP contribution in [0.4, 0.5) is 10.8 Å². The second-order valence-corrected chi connectivity index (χ2v) is 9.24. The zero-order valence-corrected chi connectivity index (χ0v) is 16.4. The molecule has 132 valence electrons. The van der Waals surface area contributed by atoms with Crippen molar-refractivity contribution >= 4 is 51.6 Å². The summed E-state index contributed by atoms with van der Waals surface area (Å²) >= 11 is 4.74. The van der Waals surface area contributed by atoms with Crippen molar-refractivity contribution in [3.8, 4) is 0 Å². The Morgan fingerprint density at radius 3 is 3.16 bits per heavy atom. The minimum atomic E-state index is 0.114. The van der Waals surface area contributed by atoms with Crippen LogP contribution in [0.15, 0.2) is 46.2 Å². The summed E-state index contributed by atoms with van der Waals surface area (Å²) in [5, 5.41) is 12.6. The zero-order valence-electron chi connectivity index (χ0n) is 14.0. The molecule has 1 aliphatic heterocycles. The van der Waals surface area contributed by atoms with Crippen LogP contribution in [0.1, 0.15) is 13.3 Å². The SMILES string of the molecule is C=CCNc1nnc(SCC(=O)N2CCC(C)Sc3ccccc32)s1. The van der Waals surface area contributed by atoms with Crippen molar-refractivity contribution in [1.29, 1.82) is 0 Å². The van der Waals surface area contributed by atoms with Crippen LogP contribution in [0.25, 0.3) is 0 Å². The fraction of sp³-hybridized carbons (Fsp3) is 0.353. The molecule has 1 aromatic heterocycles. The Morgan fingerprint density at radius 2 is 2.32 bits per heavy atom. The zero-order chi connectivity index (χ0) is 17.6. The largest absolute Gasteiger partial charge is 0.357 e. The summed E-state index contributed by atoms with van der Waals surface area (Å²) in [5.41, 5.74) is 1.02. The van der Waals surface area contributed by atoms with Crippen LogP contribution in [0.2, 0.25) is 0 Å². The highest BCUT2D eigenvalue weighted by molar-refractivity contribution is 8.01.